The molecule has 1 aliphatic heterocycles. The SMILES string of the molecule is CC(C)(C)OC(=O)N1CCOCC1CNC1CCCCC1CN. The summed E-state index contributed by atoms with van der Waals surface area (Å²) in [5.74, 6) is 0.545. The summed E-state index contributed by atoms with van der Waals surface area (Å²) < 4.78 is 11.1. The molecule has 3 N–H and O–H groups in total. The Labute approximate surface area is 140 Å². The topological polar surface area (TPSA) is 76.8 Å². The predicted octanol–water partition coefficient (Wildman–Crippen LogP) is 1.73. The van der Waals surface area contributed by atoms with Crippen LogP contribution in [0.2, 0.25) is 0 Å². The fourth-order valence-corrected chi connectivity index (χ4v) is 3.43. The Balaban J connectivity index is 1.89. The van der Waals surface area contributed by atoms with Gasteiger partial charge < -0.3 is 20.5 Å². The molecule has 3 unspecified atom stereocenters. The Morgan fingerprint density at radius 3 is 2.78 bits per heavy atom. The zero-order valence-electron chi connectivity index (χ0n) is 14.8. The number of nitrogens with one attached hydrogen (secondary N) is 1. The number of carbonyl (C=O) groups excluding carboxylic acids is 1. The third-order valence-corrected chi connectivity index (χ3v) is 4.68. The molecular weight excluding hydrogens is 294 g/mol. The normalized spacial score (nSPS) is 29.4. The lowest BCUT2D eigenvalue weighted by molar-refractivity contribution is -0.0327. The zero-order valence-corrected chi connectivity index (χ0v) is 14.8. The van der Waals surface area contributed by atoms with E-state index in [1.54, 1.807) is 0 Å². The maximum atomic E-state index is 12.4. The lowest BCUT2D eigenvalue weighted by atomic mass is 9.84. The Bertz CT molecular complexity index is 384. The first-order chi connectivity index (χ1) is 10.9. The molecule has 0 radical (unpaired) electrons. The van der Waals surface area contributed by atoms with E-state index in [1.807, 2.05) is 25.7 Å². The van der Waals surface area contributed by atoms with Gasteiger partial charge in [-0.15, -0.1) is 0 Å². The minimum absolute atomic E-state index is 0.0268. The third kappa shape index (κ3) is 5.62. The van der Waals surface area contributed by atoms with Gasteiger partial charge in [0, 0.05) is 19.1 Å². The van der Waals surface area contributed by atoms with Gasteiger partial charge in [0.05, 0.1) is 19.3 Å². The van der Waals surface area contributed by atoms with Crippen LogP contribution in [-0.4, -0.2) is 61.5 Å². The van der Waals surface area contributed by atoms with E-state index in [0.717, 1.165) is 13.1 Å². The van der Waals surface area contributed by atoms with E-state index in [1.165, 1.54) is 25.7 Å². The van der Waals surface area contributed by atoms with Crippen LogP contribution in [0.4, 0.5) is 4.79 Å². The standard InChI is InChI=1S/C17H33N3O3/c1-17(2,3)23-16(21)20-8-9-22-12-14(20)11-19-15-7-5-4-6-13(15)10-18/h13-15,19H,4-12,18H2,1-3H3. The molecule has 0 spiro atoms. The molecule has 2 aliphatic rings. The van der Waals surface area contributed by atoms with Gasteiger partial charge in [-0.05, 0) is 46.1 Å². The van der Waals surface area contributed by atoms with Crippen LogP contribution in [0.3, 0.4) is 0 Å². The minimum atomic E-state index is -0.471. The summed E-state index contributed by atoms with van der Waals surface area (Å²) >= 11 is 0. The summed E-state index contributed by atoms with van der Waals surface area (Å²) in [5.41, 5.74) is 5.43. The number of hydrogen-bond donors (Lipinski definition) is 2. The molecule has 3 atom stereocenters. The predicted molar refractivity (Wildman–Crippen MR) is 90.4 cm³/mol. The lowest BCUT2D eigenvalue weighted by Crippen LogP contribution is -2.56. The minimum Gasteiger partial charge on any atom is -0.444 e. The van der Waals surface area contributed by atoms with Gasteiger partial charge in [0.1, 0.15) is 5.60 Å². The van der Waals surface area contributed by atoms with Gasteiger partial charge >= 0.3 is 6.09 Å². The summed E-state index contributed by atoms with van der Waals surface area (Å²) in [4.78, 5) is 14.2. The molecule has 1 saturated carbocycles. The van der Waals surface area contributed by atoms with Crippen molar-refractivity contribution in [2.45, 2.75) is 64.1 Å². The van der Waals surface area contributed by atoms with Crippen molar-refractivity contribution in [1.82, 2.24) is 10.2 Å². The maximum Gasteiger partial charge on any atom is 0.410 e. The first-order valence-corrected chi connectivity index (χ1v) is 8.91. The van der Waals surface area contributed by atoms with Crippen molar-refractivity contribution in [2.75, 3.05) is 32.8 Å². The van der Waals surface area contributed by atoms with Crippen molar-refractivity contribution in [3.63, 3.8) is 0 Å². The van der Waals surface area contributed by atoms with Crippen molar-refractivity contribution in [1.29, 1.82) is 0 Å². The summed E-state index contributed by atoms with van der Waals surface area (Å²) in [6.45, 7) is 8.88. The molecule has 0 aromatic rings. The number of carbonyl (C=O) groups is 1. The van der Waals surface area contributed by atoms with E-state index in [4.69, 9.17) is 15.2 Å². The van der Waals surface area contributed by atoms with Crippen LogP contribution in [0.1, 0.15) is 46.5 Å². The first kappa shape index (κ1) is 18.5. The maximum absolute atomic E-state index is 12.4. The summed E-state index contributed by atoms with van der Waals surface area (Å²) in [6, 6.07) is 0.482. The Morgan fingerprint density at radius 2 is 2.09 bits per heavy atom. The highest BCUT2D eigenvalue weighted by atomic mass is 16.6. The quantitative estimate of drug-likeness (QED) is 0.822. The van der Waals surface area contributed by atoms with Crippen LogP contribution in [0, 0.1) is 5.92 Å². The van der Waals surface area contributed by atoms with E-state index in [0.29, 0.717) is 31.7 Å². The van der Waals surface area contributed by atoms with Crippen LogP contribution < -0.4 is 11.1 Å². The van der Waals surface area contributed by atoms with Crippen LogP contribution >= 0.6 is 0 Å². The monoisotopic (exact) mass is 327 g/mol. The van der Waals surface area contributed by atoms with Crippen LogP contribution in [0.5, 0.6) is 0 Å². The van der Waals surface area contributed by atoms with E-state index < -0.39 is 5.60 Å². The molecule has 1 heterocycles. The van der Waals surface area contributed by atoms with Gasteiger partial charge in [-0.1, -0.05) is 12.8 Å². The average Bonchev–Trinajstić information content (AvgIpc) is 2.51. The Kier molecular flexibility index (Phi) is 6.68. The number of amides is 1. The number of hydrogen-bond acceptors (Lipinski definition) is 5. The van der Waals surface area contributed by atoms with Gasteiger partial charge in [0.25, 0.3) is 0 Å². The van der Waals surface area contributed by atoms with Crippen LogP contribution in [0.25, 0.3) is 0 Å². The largest absolute Gasteiger partial charge is 0.444 e. The van der Waals surface area contributed by atoms with E-state index in [2.05, 4.69) is 5.32 Å². The molecule has 1 saturated heterocycles. The molecule has 23 heavy (non-hydrogen) atoms. The van der Waals surface area contributed by atoms with E-state index >= 15 is 0 Å². The molecule has 1 amide bonds. The second-order valence-electron chi connectivity index (χ2n) is 7.70. The van der Waals surface area contributed by atoms with Crippen molar-refractivity contribution < 1.29 is 14.3 Å². The average molecular weight is 327 g/mol. The van der Waals surface area contributed by atoms with Crippen LogP contribution in [0.15, 0.2) is 0 Å². The number of nitrogens with two attached hydrogens (primary N) is 1. The molecule has 6 heteroatoms. The molecule has 0 aromatic heterocycles. The van der Waals surface area contributed by atoms with Gasteiger partial charge in [-0.25, -0.2) is 4.79 Å². The number of rotatable bonds is 4. The fraction of sp³-hybridized carbons (Fsp3) is 0.941. The highest BCUT2D eigenvalue weighted by Crippen LogP contribution is 2.24. The first-order valence-electron chi connectivity index (χ1n) is 8.91. The Hall–Kier alpha value is -0.850. The van der Waals surface area contributed by atoms with E-state index in [-0.39, 0.29) is 12.1 Å². The van der Waals surface area contributed by atoms with Gasteiger partial charge in [-0.2, -0.15) is 0 Å². The van der Waals surface area contributed by atoms with Gasteiger partial charge in [0.2, 0.25) is 0 Å². The molecule has 2 fully saturated rings. The molecule has 134 valence electrons. The van der Waals surface area contributed by atoms with Crippen molar-refractivity contribution in [2.24, 2.45) is 11.7 Å². The number of nitrogens with zero attached hydrogens (tertiary/aromatic N) is 1. The van der Waals surface area contributed by atoms with E-state index in [9.17, 15) is 4.79 Å². The molecular formula is C17H33N3O3. The molecule has 0 bridgehead atoms. The van der Waals surface area contributed by atoms with Crippen molar-refractivity contribution >= 4 is 6.09 Å². The third-order valence-electron chi connectivity index (χ3n) is 4.68. The molecule has 2 rings (SSSR count). The second-order valence-corrected chi connectivity index (χ2v) is 7.70. The van der Waals surface area contributed by atoms with Gasteiger partial charge in [-0.3, -0.25) is 4.90 Å². The van der Waals surface area contributed by atoms with Crippen LogP contribution in [-0.2, 0) is 9.47 Å². The smallest absolute Gasteiger partial charge is 0.410 e. The zero-order chi connectivity index (χ0) is 16.9. The number of morpholine rings is 1. The van der Waals surface area contributed by atoms with Crippen molar-refractivity contribution in [3.05, 3.63) is 0 Å². The lowest BCUT2D eigenvalue weighted by Gasteiger charge is -2.39. The highest BCUT2D eigenvalue weighted by Gasteiger charge is 2.32. The highest BCUT2D eigenvalue weighted by molar-refractivity contribution is 5.68. The molecule has 1 aliphatic carbocycles. The van der Waals surface area contributed by atoms with Crippen molar-refractivity contribution in [3.8, 4) is 0 Å². The summed E-state index contributed by atoms with van der Waals surface area (Å²) in [7, 11) is 0. The van der Waals surface area contributed by atoms with Gasteiger partial charge in [0.15, 0.2) is 0 Å². The Morgan fingerprint density at radius 1 is 1.35 bits per heavy atom. The fourth-order valence-electron chi connectivity index (χ4n) is 3.43. The number of ether oxygens (including phenoxy) is 2. The summed E-state index contributed by atoms with van der Waals surface area (Å²) in [5, 5.41) is 3.63. The molecule has 0 aromatic carbocycles. The molecule has 6 nitrogen and oxygen atoms in total. The summed E-state index contributed by atoms with van der Waals surface area (Å²) in [6.07, 6.45) is 4.65. The second kappa shape index (κ2) is 8.31.